The quantitative estimate of drug-likeness (QED) is 0.600. The van der Waals surface area contributed by atoms with Crippen LogP contribution >= 0.6 is 0 Å². The van der Waals surface area contributed by atoms with E-state index in [9.17, 15) is 9.59 Å². The average Bonchev–Trinajstić information content (AvgIpc) is 2.97. The SMILES string of the molecule is O=C(Cc1c[nH]c2ccccc12)NNC(=O)C1CC=CCC1. The van der Waals surface area contributed by atoms with Crippen LogP contribution in [0.5, 0.6) is 0 Å². The zero-order valence-corrected chi connectivity index (χ0v) is 12.3. The van der Waals surface area contributed by atoms with Gasteiger partial charge in [-0.15, -0.1) is 0 Å². The number of aromatic amines is 1. The minimum absolute atomic E-state index is 0.0432. The second-order valence-electron chi connectivity index (χ2n) is 5.56. The number of carbonyl (C=O) groups excluding carboxylic acids is 2. The van der Waals surface area contributed by atoms with Gasteiger partial charge >= 0.3 is 0 Å². The lowest BCUT2D eigenvalue weighted by molar-refractivity contribution is -0.131. The highest BCUT2D eigenvalue weighted by molar-refractivity contribution is 5.90. The second-order valence-corrected chi connectivity index (χ2v) is 5.56. The van der Waals surface area contributed by atoms with Gasteiger partial charge in [-0.3, -0.25) is 20.4 Å². The van der Waals surface area contributed by atoms with Crippen LogP contribution < -0.4 is 10.9 Å². The molecule has 0 fully saturated rings. The van der Waals surface area contributed by atoms with Crippen molar-refractivity contribution >= 4 is 22.7 Å². The highest BCUT2D eigenvalue weighted by atomic mass is 16.2. The standard InChI is InChI=1S/C17H19N3O2/c21-16(19-20-17(22)12-6-2-1-3-7-12)10-13-11-18-15-9-5-4-8-14(13)15/h1-2,4-5,8-9,11-12,18H,3,6-7,10H2,(H,19,21)(H,20,22). The summed E-state index contributed by atoms with van der Waals surface area (Å²) in [5, 5.41) is 1.03. The molecule has 1 aromatic carbocycles. The van der Waals surface area contributed by atoms with E-state index in [4.69, 9.17) is 0 Å². The van der Waals surface area contributed by atoms with Crippen molar-refractivity contribution in [3.63, 3.8) is 0 Å². The van der Waals surface area contributed by atoms with Crippen LogP contribution in [0, 0.1) is 5.92 Å². The molecule has 0 aliphatic heterocycles. The Balaban J connectivity index is 1.54. The van der Waals surface area contributed by atoms with E-state index in [1.807, 2.05) is 36.5 Å². The Morgan fingerprint density at radius 2 is 2.05 bits per heavy atom. The molecule has 22 heavy (non-hydrogen) atoms. The number of hydrazine groups is 1. The van der Waals surface area contributed by atoms with Crippen LogP contribution in [0.1, 0.15) is 24.8 Å². The molecular formula is C17H19N3O2. The summed E-state index contributed by atoms with van der Waals surface area (Å²) in [5.41, 5.74) is 6.96. The molecule has 0 spiro atoms. The average molecular weight is 297 g/mol. The number of H-pyrrole nitrogens is 1. The molecule has 0 saturated carbocycles. The monoisotopic (exact) mass is 297 g/mol. The molecule has 1 unspecified atom stereocenters. The van der Waals surface area contributed by atoms with Gasteiger partial charge < -0.3 is 4.98 Å². The lowest BCUT2D eigenvalue weighted by Crippen LogP contribution is -2.45. The third-order valence-corrected chi connectivity index (χ3v) is 3.99. The molecule has 1 aliphatic carbocycles. The Morgan fingerprint density at radius 1 is 1.18 bits per heavy atom. The van der Waals surface area contributed by atoms with E-state index >= 15 is 0 Å². The number of rotatable bonds is 3. The Kier molecular flexibility index (Phi) is 4.23. The van der Waals surface area contributed by atoms with Crippen LogP contribution in [-0.2, 0) is 16.0 Å². The fourth-order valence-corrected chi connectivity index (χ4v) is 2.76. The van der Waals surface area contributed by atoms with Crippen LogP contribution in [0.25, 0.3) is 10.9 Å². The maximum Gasteiger partial charge on any atom is 0.242 e. The van der Waals surface area contributed by atoms with Crippen LogP contribution in [0.4, 0.5) is 0 Å². The highest BCUT2D eigenvalue weighted by Crippen LogP contribution is 2.18. The molecule has 3 rings (SSSR count). The number of fused-ring (bicyclic) bond motifs is 1. The molecule has 5 heteroatoms. The number of hydrogen-bond donors (Lipinski definition) is 3. The maximum atomic E-state index is 12.0. The van der Waals surface area contributed by atoms with E-state index in [1.54, 1.807) is 0 Å². The van der Waals surface area contributed by atoms with E-state index in [2.05, 4.69) is 21.9 Å². The van der Waals surface area contributed by atoms with Gasteiger partial charge in [0.05, 0.1) is 6.42 Å². The normalized spacial score (nSPS) is 17.4. The largest absolute Gasteiger partial charge is 0.361 e. The molecule has 1 aliphatic rings. The Labute approximate surface area is 128 Å². The first-order valence-corrected chi connectivity index (χ1v) is 7.53. The second kappa shape index (κ2) is 6.47. The zero-order valence-electron chi connectivity index (χ0n) is 12.3. The van der Waals surface area contributed by atoms with Gasteiger partial charge in [0.2, 0.25) is 11.8 Å². The molecule has 1 atom stereocenters. The molecule has 2 amide bonds. The third kappa shape index (κ3) is 3.19. The fourth-order valence-electron chi connectivity index (χ4n) is 2.76. The first kappa shape index (κ1) is 14.4. The number of carbonyl (C=O) groups is 2. The minimum Gasteiger partial charge on any atom is -0.361 e. The van der Waals surface area contributed by atoms with Crippen molar-refractivity contribution in [2.75, 3.05) is 0 Å². The molecule has 0 saturated heterocycles. The van der Waals surface area contributed by atoms with Gasteiger partial charge in [0.25, 0.3) is 0 Å². The van der Waals surface area contributed by atoms with Gasteiger partial charge in [-0.25, -0.2) is 0 Å². The number of para-hydroxylation sites is 1. The van der Waals surface area contributed by atoms with Crippen LogP contribution in [0.2, 0.25) is 0 Å². The van der Waals surface area contributed by atoms with Gasteiger partial charge in [0, 0.05) is 23.0 Å². The van der Waals surface area contributed by atoms with Gasteiger partial charge in [-0.2, -0.15) is 0 Å². The predicted molar refractivity (Wildman–Crippen MR) is 84.8 cm³/mol. The topological polar surface area (TPSA) is 74.0 Å². The van der Waals surface area contributed by atoms with Crippen molar-refractivity contribution in [2.24, 2.45) is 5.92 Å². The number of benzene rings is 1. The summed E-state index contributed by atoms with van der Waals surface area (Å²) in [6, 6.07) is 7.83. The molecule has 3 N–H and O–H groups in total. The lowest BCUT2D eigenvalue weighted by Gasteiger charge is -2.17. The van der Waals surface area contributed by atoms with E-state index in [1.165, 1.54) is 0 Å². The summed E-state index contributed by atoms with van der Waals surface area (Å²) < 4.78 is 0. The molecule has 114 valence electrons. The first-order chi connectivity index (χ1) is 10.7. The van der Waals surface area contributed by atoms with Crippen LogP contribution in [-0.4, -0.2) is 16.8 Å². The van der Waals surface area contributed by atoms with Crippen molar-refractivity contribution in [1.82, 2.24) is 15.8 Å². The van der Waals surface area contributed by atoms with Crippen molar-refractivity contribution in [3.05, 3.63) is 48.2 Å². The van der Waals surface area contributed by atoms with Crippen LogP contribution in [0.15, 0.2) is 42.6 Å². The summed E-state index contributed by atoms with van der Waals surface area (Å²) in [7, 11) is 0. The van der Waals surface area contributed by atoms with E-state index in [0.717, 1.165) is 35.7 Å². The van der Waals surface area contributed by atoms with Crippen molar-refractivity contribution in [1.29, 1.82) is 0 Å². The van der Waals surface area contributed by atoms with Gasteiger partial charge in [-0.05, 0) is 30.9 Å². The number of allylic oxidation sites excluding steroid dienone is 2. The van der Waals surface area contributed by atoms with E-state index in [0.29, 0.717) is 0 Å². The summed E-state index contributed by atoms with van der Waals surface area (Å²) >= 11 is 0. The molecule has 1 aromatic heterocycles. The Bertz CT molecular complexity index is 718. The lowest BCUT2D eigenvalue weighted by atomic mass is 9.94. The summed E-state index contributed by atoms with van der Waals surface area (Å²) in [5.74, 6) is -0.375. The highest BCUT2D eigenvalue weighted by Gasteiger charge is 2.19. The summed E-state index contributed by atoms with van der Waals surface area (Å²) in [4.78, 5) is 27.1. The molecule has 1 heterocycles. The number of hydrogen-bond acceptors (Lipinski definition) is 2. The van der Waals surface area contributed by atoms with Crippen molar-refractivity contribution in [3.8, 4) is 0 Å². The summed E-state index contributed by atoms with van der Waals surface area (Å²) in [6.07, 6.45) is 8.65. The molecule has 0 radical (unpaired) electrons. The van der Waals surface area contributed by atoms with E-state index in [-0.39, 0.29) is 24.2 Å². The molecule has 2 aromatic rings. The smallest absolute Gasteiger partial charge is 0.242 e. The first-order valence-electron chi connectivity index (χ1n) is 7.53. The van der Waals surface area contributed by atoms with Gasteiger partial charge in [0.15, 0.2) is 0 Å². The predicted octanol–water partition coefficient (Wildman–Crippen LogP) is 2.21. The van der Waals surface area contributed by atoms with Crippen molar-refractivity contribution in [2.45, 2.75) is 25.7 Å². The molecule has 5 nitrogen and oxygen atoms in total. The Morgan fingerprint density at radius 3 is 2.86 bits per heavy atom. The summed E-state index contributed by atoms with van der Waals surface area (Å²) in [6.45, 7) is 0. The van der Waals surface area contributed by atoms with Crippen LogP contribution in [0.3, 0.4) is 0 Å². The van der Waals surface area contributed by atoms with Crippen molar-refractivity contribution < 1.29 is 9.59 Å². The van der Waals surface area contributed by atoms with Gasteiger partial charge in [0.1, 0.15) is 0 Å². The molecule has 0 bridgehead atoms. The van der Waals surface area contributed by atoms with E-state index < -0.39 is 0 Å². The molecular weight excluding hydrogens is 278 g/mol. The number of amides is 2. The number of aromatic nitrogens is 1. The maximum absolute atomic E-state index is 12.0. The number of nitrogens with one attached hydrogen (secondary N) is 3. The third-order valence-electron chi connectivity index (χ3n) is 3.99. The van der Waals surface area contributed by atoms with Gasteiger partial charge in [-0.1, -0.05) is 30.4 Å². The minimum atomic E-state index is -0.218. The zero-order chi connectivity index (χ0) is 15.4. The Hall–Kier alpha value is -2.56. The fraction of sp³-hybridized carbons (Fsp3) is 0.294.